The molecule has 0 saturated carbocycles. The lowest BCUT2D eigenvalue weighted by molar-refractivity contribution is 0.0315. The largest absolute Gasteiger partial charge is 0.459 e. The standard InChI is InChI=1S/C20H18BrNO3/c21-15-6-7-17-16(12-15)20(23)19(14-4-2-1-3-5-14)18(25-17)13-22-8-10-24-11-9-22/h1-7,12H,8-11,13H2. The summed E-state index contributed by atoms with van der Waals surface area (Å²) in [5, 5.41) is 0.596. The average molecular weight is 400 g/mol. The minimum Gasteiger partial charge on any atom is -0.459 e. The minimum atomic E-state index is 0.0111. The van der Waals surface area contributed by atoms with Crippen molar-refractivity contribution in [3.8, 4) is 11.1 Å². The van der Waals surface area contributed by atoms with Crippen LogP contribution in [0, 0.1) is 0 Å². The highest BCUT2D eigenvalue weighted by Gasteiger charge is 2.20. The van der Waals surface area contributed by atoms with Crippen molar-refractivity contribution in [1.82, 2.24) is 4.90 Å². The summed E-state index contributed by atoms with van der Waals surface area (Å²) in [5.74, 6) is 0.716. The number of benzene rings is 2. The number of nitrogens with zero attached hydrogens (tertiary/aromatic N) is 1. The van der Waals surface area contributed by atoms with Crippen molar-refractivity contribution in [2.45, 2.75) is 6.54 Å². The zero-order valence-electron chi connectivity index (χ0n) is 13.7. The van der Waals surface area contributed by atoms with E-state index in [-0.39, 0.29) is 5.43 Å². The first-order chi connectivity index (χ1) is 12.2. The molecule has 0 spiro atoms. The van der Waals surface area contributed by atoms with E-state index in [1.807, 2.05) is 48.5 Å². The van der Waals surface area contributed by atoms with Gasteiger partial charge >= 0.3 is 0 Å². The van der Waals surface area contributed by atoms with Crippen LogP contribution in [0.5, 0.6) is 0 Å². The van der Waals surface area contributed by atoms with Crippen LogP contribution in [0.1, 0.15) is 5.76 Å². The molecule has 1 aromatic heterocycles. The molecule has 0 unspecified atom stereocenters. The molecule has 1 aliphatic heterocycles. The molecule has 25 heavy (non-hydrogen) atoms. The Hall–Kier alpha value is -1.95. The number of morpholine rings is 1. The fourth-order valence-electron chi connectivity index (χ4n) is 3.18. The van der Waals surface area contributed by atoms with Crippen molar-refractivity contribution < 1.29 is 9.15 Å². The fourth-order valence-corrected chi connectivity index (χ4v) is 3.55. The van der Waals surface area contributed by atoms with Gasteiger partial charge in [0, 0.05) is 17.6 Å². The predicted octanol–water partition coefficient (Wildman–Crippen LogP) is 4.05. The highest BCUT2D eigenvalue weighted by molar-refractivity contribution is 9.10. The number of hydrogen-bond acceptors (Lipinski definition) is 4. The van der Waals surface area contributed by atoms with Crippen molar-refractivity contribution in [1.29, 1.82) is 0 Å². The summed E-state index contributed by atoms with van der Waals surface area (Å²) in [4.78, 5) is 15.5. The van der Waals surface area contributed by atoms with E-state index in [4.69, 9.17) is 9.15 Å². The Bertz CT molecular complexity index is 946. The summed E-state index contributed by atoms with van der Waals surface area (Å²) < 4.78 is 12.5. The number of halogens is 1. The lowest BCUT2D eigenvalue weighted by Crippen LogP contribution is -2.36. The van der Waals surface area contributed by atoms with Gasteiger partial charge in [0.15, 0.2) is 0 Å². The first-order valence-corrected chi connectivity index (χ1v) is 9.12. The van der Waals surface area contributed by atoms with Gasteiger partial charge in [0.2, 0.25) is 5.43 Å². The van der Waals surface area contributed by atoms with Gasteiger partial charge in [-0.2, -0.15) is 0 Å². The lowest BCUT2D eigenvalue weighted by Gasteiger charge is -2.26. The molecule has 1 saturated heterocycles. The minimum absolute atomic E-state index is 0.0111. The molecule has 0 aliphatic carbocycles. The van der Waals surface area contributed by atoms with Crippen molar-refractivity contribution in [2.75, 3.05) is 26.3 Å². The van der Waals surface area contributed by atoms with Gasteiger partial charge in [0.05, 0.1) is 30.7 Å². The van der Waals surface area contributed by atoms with Crippen LogP contribution in [0.2, 0.25) is 0 Å². The fraction of sp³-hybridized carbons (Fsp3) is 0.250. The van der Waals surface area contributed by atoms with E-state index < -0.39 is 0 Å². The van der Waals surface area contributed by atoms with Crippen LogP contribution in [-0.2, 0) is 11.3 Å². The summed E-state index contributed by atoms with van der Waals surface area (Å²) in [7, 11) is 0. The van der Waals surface area contributed by atoms with Crippen LogP contribution in [0.15, 0.2) is 62.2 Å². The molecule has 0 radical (unpaired) electrons. The van der Waals surface area contributed by atoms with E-state index in [0.717, 1.165) is 23.1 Å². The first kappa shape index (κ1) is 16.5. The van der Waals surface area contributed by atoms with Crippen molar-refractivity contribution in [2.24, 2.45) is 0 Å². The Labute approximate surface area is 154 Å². The molecular weight excluding hydrogens is 382 g/mol. The molecule has 1 fully saturated rings. The molecular formula is C20H18BrNO3. The van der Waals surface area contributed by atoms with Crippen LogP contribution in [0.4, 0.5) is 0 Å². The second-order valence-electron chi connectivity index (χ2n) is 6.12. The van der Waals surface area contributed by atoms with E-state index in [9.17, 15) is 4.79 Å². The van der Waals surface area contributed by atoms with E-state index >= 15 is 0 Å². The molecule has 5 heteroatoms. The third-order valence-electron chi connectivity index (χ3n) is 4.46. The van der Waals surface area contributed by atoms with Gasteiger partial charge < -0.3 is 9.15 Å². The van der Waals surface area contributed by atoms with Crippen LogP contribution in [-0.4, -0.2) is 31.2 Å². The van der Waals surface area contributed by atoms with Crippen LogP contribution in [0.3, 0.4) is 0 Å². The maximum Gasteiger partial charge on any atom is 0.200 e. The molecule has 0 N–H and O–H groups in total. The Kier molecular flexibility index (Phi) is 4.70. The summed E-state index contributed by atoms with van der Waals surface area (Å²) in [6, 6.07) is 15.3. The van der Waals surface area contributed by atoms with Crippen LogP contribution < -0.4 is 5.43 Å². The van der Waals surface area contributed by atoms with Gasteiger partial charge in [-0.3, -0.25) is 9.69 Å². The van der Waals surface area contributed by atoms with Crippen molar-refractivity contribution in [3.05, 3.63) is 69.0 Å². The summed E-state index contributed by atoms with van der Waals surface area (Å²) in [5.41, 5.74) is 2.17. The number of fused-ring (bicyclic) bond motifs is 1. The molecule has 128 valence electrons. The molecule has 4 rings (SSSR count). The van der Waals surface area contributed by atoms with E-state index in [1.165, 1.54) is 0 Å². The maximum absolute atomic E-state index is 13.2. The van der Waals surface area contributed by atoms with E-state index in [2.05, 4.69) is 20.8 Å². The van der Waals surface area contributed by atoms with Gasteiger partial charge in [0.1, 0.15) is 11.3 Å². The molecule has 2 heterocycles. The highest BCUT2D eigenvalue weighted by atomic mass is 79.9. The molecule has 2 aromatic carbocycles. The highest BCUT2D eigenvalue weighted by Crippen LogP contribution is 2.27. The monoisotopic (exact) mass is 399 g/mol. The van der Waals surface area contributed by atoms with E-state index in [0.29, 0.717) is 42.1 Å². The molecule has 0 bridgehead atoms. The normalized spacial score (nSPS) is 15.6. The summed E-state index contributed by atoms with van der Waals surface area (Å²) in [6.45, 7) is 3.72. The SMILES string of the molecule is O=c1c(-c2ccccc2)c(CN2CCOCC2)oc2ccc(Br)cc12. The summed E-state index contributed by atoms with van der Waals surface area (Å²) >= 11 is 3.44. The van der Waals surface area contributed by atoms with Gasteiger partial charge in [0.25, 0.3) is 0 Å². The van der Waals surface area contributed by atoms with Crippen LogP contribution >= 0.6 is 15.9 Å². The molecule has 4 nitrogen and oxygen atoms in total. The van der Waals surface area contributed by atoms with Crippen molar-refractivity contribution >= 4 is 26.9 Å². The Balaban J connectivity index is 1.89. The Morgan fingerprint density at radius 3 is 2.56 bits per heavy atom. The smallest absolute Gasteiger partial charge is 0.200 e. The van der Waals surface area contributed by atoms with E-state index in [1.54, 1.807) is 0 Å². The molecule has 1 aliphatic rings. The third-order valence-corrected chi connectivity index (χ3v) is 4.95. The maximum atomic E-state index is 13.2. The topological polar surface area (TPSA) is 42.7 Å². The van der Waals surface area contributed by atoms with Gasteiger partial charge in [-0.15, -0.1) is 0 Å². The Morgan fingerprint density at radius 1 is 1.04 bits per heavy atom. The second-order valence-corrected chi connectivity index (χ2v) is 7.04. The Morgan fingerprint density at radius 2 is 1.80 bits per heavy atom. The van der Waals surface area contributed by atoms with Gasteiger partial charge in [-0.05, 0) is 23.8 Å². The third kappa shape index (κ3) is 3.40. The van der Waals surface area contributed by atoms with Gasteiger partial charge in [-0.1, -0.05) is 46.3 Å². The zero-order chi connectivity index (χ0) is 17.2. The van der Waals surface area contributed by atoms with Crippen LogP contribution in [0.25, 0.3) is 22.1 Å². The van der Waals surface area contributed by atoms with Gasteiger partial charge in [-0.25, -0.2) is 0 Å². The number of hydrogen-bond donors (Lipinski definition) is 0. The quantitative estimate of drug-likeness (QED) is 0.665. The average Bonchev–Trinajstić information content (AvgIpc) is 2.64. The molecule has 0 atom stereocenters. The second kappa shape index (κ2) is 7.12. The zero-order valence-corrected chi connectivity index (χ0v) is 15.3. The first-order valence-electron chi connectivity index (χ1n) is 8.33. The van der Waals surface area contributed by atoms with Crippen molar-refractivity contribution in [3.63, 3.8) is 0 Å². The number of rotatable bonds is 3. The molecule has 3 aromatic rings. The lowest BCUT2D eigenvalue weighted by atomic mass is 10.0. The number of ether oxygens (including phenoxy) is 1. The summed E-state index contributed by atoms with van der Waals surface area (Å²) in [6.07, 6.45) is 0. The molecule has 0 amide bonds. The predicted molar refractivity (Wildman–Crippen MR) is 102 cm³/mol.